The zero-order valence-corrected chi connectivity index (χ0v) is 10.8. The lowest BCUT2D eigenvalue weighted by molar-refractivity contribution is 0.103. The Kier molecular flexibility index (Phi) is 2.74. The van der Waals surface area contributed by atoms with Gasteiger partial charge in [0.2, 0.25) is 11.7 Å². The number of ketones is 1. The maximum absolute atomic E-state index is 12.4. The number of benzene rings is 1. The molecule has 19 heavy (non-hydrogen) atoms. The van der Waals surface area contributed by atoms with Gasteiger partial charge in [0.25, 0.3) is 0 Å². The Balaban J connectivity index is 1.95. The van der Waals surface area contributed by atoms with Crippen LogP contribution in [-0.4, -0.2) is 29.3 Å². The average Bonchev–Trinajstić information content (AvgIpc) is 3.02. The Labute approximate surface area is 110 Å². The predicted molar refractivity (Wildman–Crippen MR) is 68.8 cm³/mol. The van der Waals surface area contributed by atoms with Gasteiger partial charge in [0.15, 0.2) is 0 Å². The molecule has 3 rings (SSSR count). The van der Waals surface area contributed by atoms with Crippen LogP contribution in [0.15, 0.2) is 24.3 Å². The Morgan fingerprint density at radius 3 is 3.00 bits per heavy atom. The summed E-state index contributed by atoms with van der Waals surface area (Å²) in [6.07, 6.45) is 0.849. The van der Waals surface area contributed by atoms with Crippen molar-refractivity contribution in [2.45, 2.75) is 6.42 Å². The lowest BCUT2D eigenvalue weighted by Crippen LogP contribution is -2.03. The third kappa shape index (κ3) is 1.97. The largest absolute Gasteiger partial charge is 0.493 e. The summed E-state index contributed by atoms with van der Waals surface area (Å²) < 4.78 is 12.1. The van der Waals surface area contributed by atoms with Crippen molar-refractivity contribution in [2.75, 3.05) is 13.7 Å². The lowest BCUT2D eigenvalue weighted by Gasteiger charge is -2.01. The highest BCUT2D eigenvalue weighted by molar-refractivity contribution is 6.08. The number of ether oxygens (including phenoxy) is 2. The van der Waals surface area contributed by atoms with Gasteiger partial charge in [-0.1, -0.05) is 0 Å². The van der Waals surface area contributed by atoms with Crippen LogP contribution in [0.2, 0.25) is 0 Å². The zero-order chi connectivity index (χ0) is 13.4. The van der Waals surface area contributed by atoms with Gasteiger partial charge in [0.05, 0.1) is 13.7 Å². The SMILES string of the molecule is COc1cc(C(=O)c2ccc3c(c2)CCO3)nn1C. The molecule has 0 N–H and O–H groups in total. The number of hydrogen-bond donors (Lipinski definition) is 0. The molecule has 0 radical (unpaired) electrons. The minimum atomic E-state index is -0.103. The van der Waals surface area contributed by atoms with E-state index in [1.165, 1.54) is 0 Å². The molecule has 0 spiro atoms. The van der Waals surface area contributed by atoms with E-state index in [1.807, 2.05) is 12.1 Å². The first-order valence-corrected chi connectivity index (χ1v) is 6.07. The van der Waals surface area contributed by atoms with Crippen molar-refractivity contribution in [3.8, 4) is 11.6 Å². The summed E-state index contributed by atoms with van der Waals surface area (Å²) in [5, 5.41) is 4.16. The molecule has 2 aromatic rings. The van der Waals surface area contributed by atoms with Crippen molar-refractivity contribution in [1.82, 2.24) is 9.78 Å². The van der Waals surface area contributed by atoms with E-state index >= 15 is 0 Å². The number of methoxy groups -OCH3 is 1. The molecule has 0 amide bonds. The van der Waals surface area contributed by atoms with Crippen LogP contribution in [0.1, 0.15) is 21.6 Å². The van der Waals surface area contributed by atoms with Crippen LogP contribution in [0.5, 0.6) is 11.6 Å². The van der Waals surface area contributed by atoms with Gasteiger partial charge in [-0.05, 0) is 23.8 Å². The smallest absolute Gasteiger partial charge is 0.213 e. The second kappa shape index (κ2) is 4.42. The monoisotopic (exact) mass is 258 g/mol. The molecule has 1 aliphatic heterocycles. The molecule has 0 atom stereocenters. The molecule has 1 aromatic heterocycles. The third-order valence-electron chi connectivity index (χ3n) is 3.23. The number of aryl methyl sites for hydroxylation is 1. The summed E-state index contributed by atoms with van der Waals surface area (Å²) in [6.45, 7) is 0.685. The van der Waals surface area contributed by atoms with E-state index in [1.54, 1.807) is 31.0 Å². The van der Waals surface area contributed by atoms with Gasteiger partial charge in [-0.3, -0.25) is 4.79 Å². The molecule has 5 heteroatoms. The Morgan fingerprint density at radius 2 is 2.26 bits per heavy atom. The highest BCUT2D eigenvalue weighted by atomic mass is 16.5. The molecule has 0 aliphatic carbocycles. The van der Waals surface area contributed by atoms with E-state index in [0.29, 0.717) is 23.7 Å². The topological polar surface area (TPSA) is 53.4 Å². The second-order valence-corrected chi connectivity index (χ2v) is 4.45. The van der Waals surface area contributed by atoms with Crippen LogP contribution in [0.3, 0.4) is 0 Å². The third-order valence-corrected chi connectivity index (χ3v) is 3.23. The van der Waals surface area contributed by atoms with E-state index in [0.717, 1.165) is 17.7 Å². The summed E-state index contributed by atoms with van der Waals surface area (Å²) in [6, 6.07) is 7.14. The van der Waals surface area contributed by atoms with Crippen LogP contribution in [0, 0.1) is 0 Å². The molecule has 0 saturated heterocycles. The predicted octanol–water partition coefficient (Wildman–Crippen LogP) is 1.59. The molecule has 1 aromatic carbocycles. The van der Waals surface area contributed by atoms with E-state index in [2.05, 4.69) is 5.10 Å². The fourth-order valence-electron chi connectivity index (χ4n) is 2.23. The number of hydrogen-bond acceptors (Lipinski definition) is 4. The molecule has 98 valence electrons. The van der Waals surface area contributed by atoms with Gasteiger partial charge in [0, 0.05) is 25.1 Å². The normalized spacial score (nSPS) is 12.9. The summed E-state index contributed by atoms with van der Waals surface area (Å²) in [4.78, 5) is 12.4. The highest BCUT2D eigenvalue weighted by Crippen LogP contribution is 2.27. The first-order chi connectivity index (χ1) is 9.19. The van der Waals surface area contributed by atoms with Gasteiger partial charge in [-0.2, -0.15) is 5.10 Å². The van der Waals surface area contributed by atoms with Gasteiger partial charge < -0.3 is 9.47 Å². The van der Waals surface area contributed by atoms with Crippen molar-refractivity contribution in [3.63, 3.8) is 0 Å². The number of aromatic nitrogens is 2. The lowest BCUT2D eigenvalue weighted by atomic mass is 10.0. The van der Waals surface area contributed by atoms with Crippen LogP contribution >= 0.6 is 0 Å². The van der Waals surface area contributed by atoms with Crippen LogP contribution in [0.25, 0.3) is 0 Å². The molecular formula is C14H14N2O3. The second-order valence-electron chi connectivity index (χ2n) is 4.45. The Bertz CT molecular complexity index is 646. The van der Waals surface area contributed by atoms with Crippen molar-refractivity contribution >= 4 is 5.78 Å². The zero-order valence-electron chi connectivity index (χ0n) is 10.8. The molecule has 0 bridgehead atoms. The van der Waals surface area contributed by atoms with Crippen LogP contribution in [0.4, 0.5) is 0 Å². The summed E-state index contributed by atoms with van der Waals surface area (Å²) >= 11 is 0. The minimum Gasteiger partial charge on any atom is -0.493 e. The maximum atomic E-state index is 12.4. The first-order valence-electron chi connectivity index (χ1n) is 6.07. The fraction of sp³-hybridized carbons (Fsp3) is 0.286. The quantitative estimate of drug-likeness (QED) is 0.785. The van der Waals surface area contributed by atoms with E-state index in [9.17, 15) is 4.79 Å². The molecule has 0 fully saturated rings. The molecule has 0 saturated carbocycles. The number of carbonyl (C=O) groups excluding carboxylic acids is 1. The van der Waals surface area contributed by atoms with Crippen molar-refractivity contribution in [1.29, 1.82) is 0 Å². The van der Waals surface area contributed by atoms with Crippen molar-refractivity contribution < 1.29 is 14.3 Å². The minimum absolute atomic E-state index is 0.103. The van der Waals surface area contributed by atoms with Gasteiger partial charge in [-0.25, -0.2) is 4.68 Å². The highest BCUT2D eigenvalue weighted by Gasteiger charge is 2.18. The standard InChI is InChI=1S/C14H14N2O3/c1-16-13(18-2)8-11(15-16)14(17)10-3-4-12-9(7-10)5-6-19-12/h3-4,7-8H,5-6H2,1-2H3. The molecular weight excluding hydrogens is 244 g/mol. The number of carbonyl (C=O) groups is 1. The summed E-state index contributed by atoms with van der Waals surface area (Å²) in [5.74, 6) is 1.33. The maximum Gasteiger partial charge on any atom is 0.213 e. The number of rotatable bonds is 3. The Hall–Kier alpha value is -2.30. The molecule has 1 aliphatic rings. The number of fused-ring (bicyclic) bond motifs is 1. The summed E-state index contributed by atoms with van der Waals surface area (Å²) in [5.41, 5.74) is 2.09. The van der Waals surface area contributed by atoms with E-state index in [-0.39, 0.29) is 5.78 Å². The van der Waals surface area contributed by atoms with Crippen LogP contribution < -0.4 is 9.47 Å². The average molecular weight is 258 g/mol. The van der Waals surface area contributed by atoms with Gasteiger partial charge >= 0.3 is 0 Å². The van der Waals surface area contributed by atoms with Crippen molar-refractivity contribution in [2.24, 2.45) is 7.05 Å². The van der Waals surface area contributed by atoms with E-state index < -0.39 is 0 Å². The van der Waals surface area contributed by atoms with Crippen molar-refractivity contribution in [3.05, 3.63) is 41.1 Å². The van der Waals surface area contributed by atoms with E-state index in [4.69, 9.17) is 9.47 Å². The van der Waals surface area contributed by atoms with Gasteiger partial charge in [-0.15, -0.1) is 0 Å². The fourth-order valence-corrected chi connectivity index (χ4v) is 2.23. The molecule has 0 unspecified atom stereocenters. The Morgan fingerprint density at radius 1 is 1.42 bits per heavy atom. The number of nitrogens with zero attached hydrogens (tertiary/aromatic N) is 2. The van der Waals surface area contributed by atoms with Gasteiger partial charge in [0.1, 0.15) is 11.4 Å². The first kappa shape index (κ1) is 11.8. The molecule has 2 heterocycles. The molecule has 5 nitrogen and oxygen atoms in total. The van der Waals surface area contributed by atoms with Crippen LogP contribution in [-0.2, 0) is 13.5 Å². The summed E-state index contributed by atoms with van der Waals surface area (Å²) in [7, 11) is 3.30.